The van der Waals surface area contributed by atoms with E-state index in [1.165, 1.54) is 22.2 Å². The van der Waals surface area contributed by atoms with Crippen LogP contribution in [0.4, 0.5) is 5.13 Å². The minimum Gasteiger partial charge on any atom is -0.493 e. The Hall–Kier alpha value is -4.00. The van der Waals surface area contributed by atoms with Gasteiger partial charge >= 0.3 is 0 Å². The number of amides is 1. The molecule has 1 amide bonds. The average Bonchev–Trinajstić information content (AvgIpc) is 3.45. The molecule has 198 valence electrons. The lowest BCUT2D eigenvalue weighted by Crippen LogP contribution is -2.41. The van der Waals surface area contributed by atoms with Gasteiger partial charge in [0.05, 0.1) is 19.8 Å². The molecule has 1 N–H and O–H groups in total. The van der Waals surface area contributed by atoms with E-state index in [4.69, 9.17) is 14.0 Å². The molecule has 13 heteroatoms. The molecule has 3 aromatic heterocycles. The topological polar surface area (TPSA) is 137 Å². The van der Waals surface area contributed by atoms with E-state index in [0.29, 0.717) is 39.3 Å². The van der Waals surface area contributed by atoms with Crippen LogP contribution in [-0.2, 0) is 11.3 Å². The third kappa shape index (κ3) is 4.69. The van der Waals surface area contributed by atoms with E-state index < -0.39 is 0 Å². The molecule has 4 aromatic rings. The van der Waals surface area contributed by atoms with Crippen molar-refractivity contribution < 1.29 is 18.8 Å². The van der Waals surface area contributed by atoms with Gasteiger partial charge in [0.2, 0.25) is 17.6 Å². The van der Waals surface area contributed by atoms with Crippen molar-refractivity contribution in [2.24, 2.45) is 5.92 Å². The predicted octanol–water partition coefficient (Wildman–Crippen LogP) is 2.46. The van der Waals surface area contributed by atoms with Crippen molar-refractivity contribution in [1.29, 1.82) is 0 Å². The quantitative estimate of drug-likeness (QED) is 0.357. The molecule has 0 bridgehead atoms. The van der Waals surface area contributed by atoms with Gasteiger partial charge in [-0.25, -0.2) is 4.98 Å². The van der Waals surface area contributed by atoms with Gasteiger partial charge in [-0.1, -0.05) is 22.6 Å². The van der Waals surface area contributed by atoms with Crippen LogP contribution in [-0.4, -0.2) is 63.9 Å². The molecule has 4 heterocycles. The zero-order valence-electron chi connectivity index (χ0n) is 21.0. The van der Waals surface area contributed by atoms with Gasteiger partial charge in [0.25, 0.3) is 5.56 Å². The standard InChI is InChI=1S/C25H27N7O5S/c1-35-17-5-3-4-16(19(17)36-2)21-28-18(37-30-21)12-32-13-26-22-20(24(32)34)38-25(29-22)31-10-8-14(9-11-31)23(33)27-15-6-7-15/h3-5,13-15H,6-12H2,1-2H3,(H,27,33). The molecule has 1 aliphatic heterocycles. The summed E-state index contributed by atoms with van der Waals surface area (Å²) in [6, 6.07) is 5.77. The van der Waals surface area contributed by atoms with E-state index in [9.17, 15) is 9.59 Å². The summed E-state index contributed by atoms with van der Waals surface area (Å²) in [4.78, 5) is 41.2. The fourth-order valence-corrected chi connectivity index (χ4v) is 5.62. The number of carbonyl (C=O) groups excluding carboxylic acids is 1. The van der Waals surface area contributed by atoms with Crippen LogP contribution in [0.15, 0.2) is 33.8 Å². The first-order valence-corrected chi connectivity index (χ1v) is 13.3. The Balaban J connectivity index is 1.17. The molecule has 1 saturated heterocycles. The summed E-state index contributed by atoms with van der Waals surface area (Å²) in [5.74, 6) is 1.82. The second kappa shape index (κ2) is 10.0. The number of rotatable bonds is 8. The summed E-state index contributed by atoms with van der Waals surface area (Å²) in [5, 5.41) is 7.90. The smallest absolute Gasteiger partial charge is 0.273 e. The van der Waals surface area contributed by atoms with Crippen molar-refractivity contribution in [2.75, 3.05) is 32.2 Å². The zero-order valence-corrected chi connectivity index (χ0v) is 21.9. The third-order valence-corrected chi connectivity index (χ3v) is 7.94. The number of nitrogens with one attached hydrogen (secondary N) is 1. The summed E-state index contributed by atoms with van der Waals surface area (Å²) < 4.78 is 18.1. The molecule has 6 rings (SSSR count). The first-order valence-electron chi connectivity index (χ1n) is 12.5. The maximum atomic E-state index is 13.2. The number of anilines is 1. The highest BCUT2D eigenvalue weighted by atomic mass is 32.1. The molecule has 0 atom stereocenters. The Morgan fingerprint density at radius 3 is 2.71 bits per heavy atom. The molecule has 1 aromatic carbocycles. The second-order valence-corrected chi connectivity index (χ2v) is 10.4. The number of nitrogens with zero attached hydrogens (tertiary/aromatic N) is 6. The van der Waals surface area contributed by atoms with Crippen molar-refractivity contribution >= 4 is 32.7 Å². The van der Waals surface area contributed by atoms with E-state index in [1.807, 2.05) is 6.07 Å². The number of benzene rings is 1. The summed E-state index contributed by atoms with van der Waals surface area (Å²) >= 11 is 1.32. The van der Waals surface area contributed by atoms with Gasteiger partial charge in [-0.15, -0.1) is 0 Å². The monoisotopic (exact) mass is 537 g/mol. The van der Waals surface area contributed by atoms with Crippen LogP contribution >= 0.6 is 11.3 Å². The van der Waals surface area contributed by atoms with E-state index in [0.717, 1.165) is 43.9 Å². The maximum Gasteiger partial charge on any atom is 0.273 e. The summed E-state index contributed by atoms with van der Waals surface area (Å²) in [7, 11) is 3.10. The van der Waals surface area contributed by atoms with Crippen LogP contribution in [0.5, 0.6) is 11.5 Å². The molecule has 0 unspecified atom stereocenters. The van der Waals surface area contributed by atoms with Crippen LogP contribution in [0.2, 0.25) is 0 Å². The Labute approximate surface area is 221 Å². The second-order valence-electron chi connectivity index (χ2n) is 9.42. The first-order chi connectivity index (χ1) is 18.5. The maximum absolute atomic E-state index is 13.2. The van der Waals surface area contributed by atoms with Crippen LogP contribution in [0, 0.1) is 5.92 Å². The van der Waals surface area contributed by atoms with E-state index in [-0.39, 0.29) is 29.8 Å². The molecule has 1 aliphatic carbocycles. The number of aromatic nitrogens is 5. The number of thiazole rings is 1. The first kappa shape index (κ1) is 24.3. The Morgan fingerprint density at radius 2 is 1.97 bits per heavy atom. The van der Waals surface area contributed by atoms with Gasteiger partial charge < -0.3 is 24.2 Å². The van der Waals surface area contributed by atoms with Crippen molar-refractivity contribution in [2.45, 2.75) is 38.3 Å². The lowest BCUT2D eigenvalue weighted by molar-refractivity contribution is -0.125. The highest BCUT2D eigenvalue weighted by Gasteiger charge is 2.31. The number of ether oxygens (including phenoxy) is 2. The number of para-hydroxylation sites is 1. The molecular formula is C25H27N7O5S. The largest absolute Gasteiger partial charge is 0.493 e. The summed E-state index contributed by atoms with van der Waals surface area (Å²) in [5.41, 5.74) is 0.798. The molecule has 38 heavy (non-hydrogen) atoms. The van der Waals surface area contributed by atoms with Gasteiger partial charge in [0.1, 0.15) is 17.6 Å². The highest BCUT2D eigenvalue weighted by Crippen LogP contribution is 2.36. The average molecular weight is 538 g/mol. The summed E-state index contributed by atoms with van der Waals surface area (Å²) in [6.07, 6.45) is 5.16. The van der Waals surface area contributed by atoms with Crippen molar-refractivity contribution in [1.82, 2.24) is 30.0 Å². The van der Waals surface area contributed by atoms with E-state index in [1.54, 1.807) is 26.4 Å². The molecule has 2 fully saturated rings. The zero-order chi connectivity index (χ0) is 26.2. The number of methoxy groups -OCH3 is 2. The van der Waals surface area contributed by atoms with Crippen molar-refractivity contribution in [3.63, 3.8) is 0 Å². The fourth-order valence-electron chi connectivity index (χ4n) is 4.60. The van der Waals surface area contributed by atoms with Gasteiger partial charge in [-0.05, 0) is 37.8 Å². The van der Waals surface area contributed by atoms with Gasteiger partial charge in [-0.3, -0.25) is 14.2 Å². The van der Waals surface area contributed by atoms with Gasteiger partial charge in [0.15, 0.2) is 22.3 Å². The lowest BCUT2D eigenvalue weighted by atomic mass is 9.96. The number of hydrogen-bond donors (Lipinski definition) is 1. The number of hydrogen-bond acceptors (Lipinski definition) is 11. The van der Waals surface area contributed by atoms with Gasteiger partial charge in [0, 0.05) is 25.0 Å². The molecule has 2 aliphatic rings. The third-order valence-electron chi connectivity index (χ3n) is 6.85. The molecular weight excluding hydrogens is 510 g/mol. The molecule has 12 nitrogen and oxygen atoms in total. The normalized spacial score (nSPS) is 16.1. The molecule has 0 radical (unpaired) electrons. The van der Waals surface area contributed by atoms with Crippen LogP contribution in [0.1, 0.15) is 31.6 Å². The van der Waals surface area contributed by atoms with Crippen molar-refractivity contribution in [3.05, 3.63) is 40.8 Å². The number of fused-ring (bicyclic) bond motifs is 1. The predicted molar refractivity (Wildman–Crippen MR) is 140 cm³/mol. The van der Waals surface area contributed by atoms with Gasteiger partial charge in [-0.2, -0.15) is 9.97 Å². The van der Waals surface area contributed by atoms with E-state index >= 15 is 0 Å². The molecule has 1 saturated carbocycles. The highest BCUT2D eigenvalue weighted by molar-refractivity contribution is 7.22. The van der Waals surface area contributed by atoms with Crippen molar-refractivity contribution in [3.8, 4) is 22.9 Å². The fraction of sp³-hybridized carbons (Fsp3) is 0.440. The number of carbonyl (C=O) groups is 1. The van der Waals surface area contributed by atoms with Crippen LogP contribution in [0.25, 0.3) is 21.7 Å². The van der Waals surface area contributed by atoms with E-state index in [2.05, 4.69) is 30.3 Å². The lowest BCUT2D eigenvalue weighted by Gasteiger charge is -2.30. The Bertz CT molecular complexity index is 1530. The molecule has 0 spiro atoms. The minimum absolute atomic E-state index is 0.0350. The van der Waals surface area contributed by atoms with Crippen LogP contribution in [0.3, 0.4) is 0 Å². The Kier molecular flexibility index (Phi) is 6.44. The SMILES string of the molecule is COc1cccc(-c2noc(Cn3cnc4nc(N5CCC(C(=O)NC6CC6)CC5)sc4c3=O)n2)c1OC. The summed E-state index contributed by atoms with van der Waals surface area (Å²) in [6.45, 7) is 1.50. The Morgan fingerprint density at radius 1 is 1.16 bits per heavy atom. The van der Waals surface area contributed by atoms with Crippen LogP contribution < -0.4 is 25.2 Å². The number of piperidine rings is 1. The minimum atomic E-state index is -0.226.